The molecule has 0 aliphatic carbocycles. The molecule has 6 N–H and O–H groups in total. The molecule has 0 amide bonds. The van der Waals surface area contributed by atoms with E-state index in [0.717, 1.165) is 10.2 Å². The van der Waals surface area contributed by atoms with Crippen molar-refractivity contribution in [1.29, 1.82) is 0 Å². The summed E-state index contributed by atoms with van der Waals surface area (Å²) in [5.41, 5.74) is 14.1. The molecule has 0 fully saturated rings. The lowest BCUT2D eigenvalue weighted by Gasteiger charge is -2.08. The summed E-state index contributed by atoms with van der Waals surface area (Å²) in [6, 6.07) is 20.3. The van der Waals surface area contributed by atoms with Crippen LogP contribution >= 0.6 is 28.3 Å². The fourth-order valence-electron chi connectivity index (χ4n) is 2.89. The van der Waals surface area contributed by atoms with Gasteiger partial charge in [-0.3, -0.25) is 9.71 Å². The van der Waals surface area contributed by atoms with E-state index < -0.39 is 10.0 Å². The van der Waals surface area contributed by atoms with Crippen molar-refractivity contribution in [2.75, 3.05) is 10.0 Å². The van der Waals surface area contributed by atoms with Crippen LogP contribution in [0.2, 0.25) is 0 Å². The van der Waals surface area contributed by atoms with Gasteiger partial charge in [-0.1, -0.05) is 28.1 Å². The van der Waals surface area contributed by atoms with Gasteiger partial charge in [-0.25, -0.2) is 18.4 Å². The molecule has 13 heteroatoms. The number of sulfonamides is 1. The van der Waals surface area contributed by atoms with Crippen molar-refractivity contribution in [3.05, 3.63) is 83.5 Å². The maximum absolute atomic E-state index is 12.7. The second-order valence-corrected chi connectivity index (χ2v) is 9.54. The zero-order valence-electron chi connectivity index (χ0n) is 18.0. The van der Waals surface area contributed by atoms with Gasteiger partial charge in [0.05, 0.1) is 27.8 Å². The molecule has 0 atom stereocenters. The summed E-state index contributed by atoms with van der Waals surface area (Å²) in [7, 11) is -3.88. The van der Waals surface area contributed by atoms with Gasteiger partial charge in [-0.05, 0) is 60.7 Å². The van der Waals surface area contributed by atoms with Crippen molar-refractivity contribution in [3.63, 3.8) is 0 Å². The Kier molecular flexibility index (Phi) is 8.22. The number of halogens is 2. The highest BCUT2D eigenvalue weighted by molar-refractivity contribution is 9.10. The van der Waals surface area contributed by atoms with Gasteiger partial charge in [0.1, 0.15) is 0 Å². The van der Waals surface area contributed by atoms with Crippen LogP contribution in [0.4, 0.5) is 17.2 Å². The van der Waals surface area contributed by atoms with Gasteiger partial charge >= 0.3 is 0 Å². The first-order valence-corrected chi connectivity index (χ1v) is 12.1. The summed E-state index contributed by atoms with van der Waals surface area (Å²) in [6.07, 6.45) is 1.37. The van der Waals surface area contributed by atoms with Gasteiger partial charge < -0.3 is 16.8 Å². The summed E-state index contributed by atoms with van der Waals surface area (Å²) < 4.78 is 28.8. The molecule has 35 heavy (non-hydrogen) atoms. The lowest BCUT2D eigenvalue weighted by molar-refractivity contribution is 0.601. The largest absolute Gasteiger partial charge is 0.369 e. The van der Waals surface area contributed by atoms with Gasteiger partial charge in [-0.15, -0.1) is 12.4 Å². The standard InChI is InChI=1S/C22H19BrN8O2S.ClH/c23-14-5-7-15(8-6-14)27-21(24)30-22(25)28-16-9-11-17(12-10-16)34(32,33)31-20-13-26-18-3-1-2-4-19(18)29-20;/h1-13H,(H,29,31)(H5,24,25,27,28,30);1H. The van der Waals surface area contributed by atoms with Crippen LogP contribution in [0, 0.1) is 0 Å². The number of nitrogens with zero attached hydrogens (tertiary/aromatic N) is 4. The number of rotatable bonds is 5. The molecule has 10 nitrogen and oxygen atoms in total. The maximum atomic E-state index is 12.7. The van der Waals surface area contributed by atoms with Crippen LogP contribution in [0.3, 0.4) is 0 Å². The molecule has 1 aromatic heterocycles. The number of anilines is 2. The minimum atomic E-state index is -3.88. The topological polar surface area (TPSA) is 161 Å². The molecule has 0 unspecified atom stereocenters. The lowest BCUT2D eigenvalue weighted by atomic mass is 10.3. The second kappa shape index (κ2) is 11.1. The number of nitrogens with two attached hydrogens (primary N) is 2. The third kappa shape index (κ3) is 6.88. The Balaban J connectivity index is 0.00000342. The molecule has 0 spiro atoms. The maximum Gasteiger partial charge on any atom is 0.263 e. The van der Waals surface area contributed by atoms with E-state index in [1.54, 1.807) is 18.2 Å². The van der Waals surface area contributed by atoms with Gasteiger partial charge in [0.25, 0.3) is 10.0 Å². The molecule has 0 saturated carbocycles. The number of aliphatic imine (C=N–C) groups is 2. The first-order chi connectivity index (χ1) is 16.3. The van der Waals surface area contributed by atoms with E-state index >= 15 is 0 Å². The average Bonchev–Trinajstić information content (AvgIpc) is 2.80. The average molecular weight is 576 g/mol. The number of para-hydroxylation sites is 2. The fourth-order valence-corrected chi connectivity index (χ4v) is 4.14. The molecule has 0 bridgehead atoms. The molecule has 180 valence electrons. The Morgan fingerprint density at radius 3 is 2.26 bits per heavy atom. The van der Waals surface area contributed by atoms with Crippen molar-refractivity contribution in [2.24, 2.45) is 21.5 Å². The van der Waals surface area contributed by atoms with Crippen LogP contribution in [-0.4, -0.2) is 30.3 Å². The Bertz CT molecular complexity index is 1490. The lowest BCUT2D eigenvalue weighted by Crippen LogP contribution is -2.26. The molecular weight excluding hydrogens is 556 g/mol. The van der Waals surface area contributed by atoms with Crippen LogP contribution in [0.1, 0.15) is 0 Å². The van der Waals surface area contributed by atoms with Crippen molar-refractivity contribution >= 4 is 78.5 Å². The number of hydrogen-bond acceptors (Lipinski definition) is 5. The highest BCUT2D eigenvalue weighted by atomic mass is 79.9. The molecule has 0 saturated heterocycles. The molecule has 0 aliphatic heterocycles. The number of aromatic nitrogens is 2. The number of nitrogens with one attached hydrogen (secondary N) is 2. The quantitative estimate of drug-likeness (QED) is 0.207. The minimum absolute atomic E-state index is 0. The Hall–Kier alpha value is -3.74. The SMILES string of the molecule is Cl.NC(=Nc1ccc(S(=O)(=O)Nc2cnc3ccccc3n2)cc1)/N=C(/N)Nc1ccc(Br)cc1. The zero-order valence-corrected chi connectivity index (χ0v) is 21.2. The Labute approximate surface area is 216 Å². The molecule has 1 heterocycles. The van der Waals surface area contributed by atoms with Crippen molar-refractivity contribution in [3.8, 4) is 0 Å². The van der Waals surface area contributed by atoms with E-state index in [4.69, 9.17) is 11.5 Å². The number of guanidine groups is 2. The molecule has 4 rings (SSSR count). The fraction of sp³-hybridized carbons (Fsp3) is 0. The predicted molar refractivity (Wildman–Crippen MR) is 145 cm³/mol. The van der Waals surface area contributed by atoms with Gasteiger partial charge in [-0.2, -0.15) is 4.99 Å². The molecular formula is C22H20BrClN8O2S. The minimum Gasteiger partial charge on any atom is -0.369 e. The van der Waals surface area contributed by atoms with Crippen LogP contribution < -0.4 is 21.5 Å². The van der Waals surface area contributed by atoms with Crippen LogP contribution in [-0.2, 0) is 10.0 Å². The zero-order chi connectivity index (χ0) is 24.1. The Morgan fingerprint density at radius 2 is 1.57 bits per heavy atom. The van der Waals surface area contributed by atoms with E-state index in [2.05, 4.69) is 45.9 Å². The van der Waals surface area contributed by atoms with E-state index in [9.17, 15) is 8.42 Å². The van der Waals surface area contributed by atoms with Crippen LogP contribution in [0.15, 0.2) is 98.3 Å². The van der Waals surface area contributed by atoms with E-state index in [1.807, 2.05) is 30.3 Å². The molecule has 0 aliphatic rings. The van der Waals surface area contributed by atoms with Gasteiger partial charge in [0.15, 0.2) is 5.82 Å². The first kappa shape index (κ1) is 25.9. The summed E-state index contributed by atoms with van der Waals surface area (Å²) >= 11 is 3.36. The molecule has 3 aromatic carbocycles. The summed E-state index contributed by atoms with van der Waals surface area (Å²) in [5.74, 6) is 0.0823. The molecule has 0 radical (unpaired) electrons. The third-order valence-corrected chi connectivity index (χ3v) is 6.33. The van der Waals surface area contributed by atoms with E-state index in [1.165, 1.54) is 30.5 Å². The highest BCUT2D eigenvalue weighted by Gasteiger charge is 2.15. The second-order valence-electron chi connectivity index (χ2n) is 6.94. The predicted octanol–water partition coefficient (Wildman–Crippen LogP) is 3.99. The smallest absolute Gasteiger partial charge is 0.263 e. The monoisotopic (exact) mass is 574 g/mol. The normalized spacial score (nSPS) is 12.1. The van der Waals surface area contributed by atoms with Crippen molar-refractivity contribution < 1.29 is 8.42 Å². The van der Waals surface area contributed by atoms with Crippen molar-refractivity contribution in [1.82, 2.24) is 9.97 Å². The third-order valence-electron chi connectivity index (χ3n) is 4.43. The summed E-state index contributed by atoms with van der Waals surface area (Å²) in [6.45, 7) is 0. The summed E-state index contributed by atoms with van der Waals surface area (Å²) in [5, 5.41) is 2.90. The molecule has 4 aromatic rings. The van der Waals surface area contributed by atoms with Crippen LogP contribution in [0.25, 0.3) is 11.0 Å². The van der Waals surface area contributed by atoms with E-state index in [0.29, 0.717) is 16.7 Å². The number of benzene rings is 3. The Morgan fingerprint density at radius 1 is 0.914 bits per heavy atom. The first-order valence-electron chi connectivity index (χ1n) is 9.84. The highest BCUT2D eigenvalue weighted by Crippen LogP contribution is 2.20. The van der Waals surface area contributed by atoms with Gasteiger partial charge in [0, 0.05) is 10.2 Å². The van der Waals surface area contributed by atoms with E-state index in [-0.39, 0.29) is 35.0 Å². The number of fused-ring (bicyclic) bond motifs is 1. The number of hydrogen-bond donors (Lipinski definition) is 4. The summed E-state index contributed by atoms with van der Waals surface area (Å²) in [4.78, 5) is 16.6. The van der Waals surface area contributed by atoms with Crippen molar-refractivity contribution in [2.45, 2.75) is 4.90 Å². The van der Waals surface area contributed by atoms with Crippen LogP contribution in [0.5, 0.6) is 0 Å². The van der Waals surface area contributed by atoms with Gasteiger partial charge in [0.2, 0.25) is 11.9 Å².